The molecule has 0 saturated heterocycles. The molecule has 0 spiro atoms. The Morgan fingerprint density at radius 1 is 1.44 bits per heavy atom. The fraction of sp³-hybridized carbons (Fsp3) is 0.182. The third kappa shape index (κ3) is 2.95. The molecule has 2 aromatic rings. The number of ether oxygens (including phenoxy) is 1. The molecule has 0 aromatic carbocycles. The van der Waals surface area contributed by atoms with Gasteiger partial charge in [0.15, 0.2) is 0 Å². The summed E-state index contributed by atoms with van der Waals surface area (Å²) in [5.74, 6) is 0.170. The standard InChI is InChI=1S/C11H11N3O3S/c12-11-9(14(15)16)3-4-10(13-11)17-6-5-8-2-1-7-18-8/h1-4,7H,5-6H2,(H2,12,13). The van der Waals surface area contributed by atoms with Gasteiger partial charge in [-0.05, 0) is 11.4 Å². The van der Waals surface area contributed by atoms with Crippen LogP contribution in [-0.2, 0) is 6.42 Å². The van der Waals surface area contributed by atoms with Gasteiger partial charge in [-0.15, -0.1) is 11.3 Å². The van der Waals surface area contributed by atoms with E-state index in [4.69, 9.17) is 10.5 Å². The first-order valence-electron chi connectivity index (χ1n) is 5.23. The highest BCUT2D eigenvalue weighted by Gasteiger charge is 2.13. The summed E-state index contributed by atoms with van der Waals surface area (Å²) in [5, 5.41) is 12.5. The average molecular weight is 265 g/mol. The van der Waals surface area contributed by atoms with Crippen LogP contribution in [-0.4, -0.2) is 16.5 Å². The highest BCUT2D eigenvalue weighted by Crippen LogP contribution is 2.22. The summed E-state index contributed by atoms with van der Waals surface area (Å²) < 4.78 is 5.39. The van der Waals surface area contributed by atoms with Crippen molar-refractivity contribution in [3.63, 3.8) is 0 Å². The summed E-state index contributed by atoms with van der Waals surface area (Å²) in [6.07, 6.45) is 0.774. The zero-order valence-corrected chi connectivity index (χ0v) is 10.2. The first-order valence-corrected chi connectivity index (χ1v) is 6.11. The number of nitrogens with two attached hydrogens (primary N) is 1. The van der Waals surface area contributed by atoms with Gasteiger partial charge < -0.3 is 10.5 Å². The molecule has 2 N–H and O–H groups in total. The lowest BCUT2D eigenvalue weighted by molar-refractivity contribution is -0.384. The van der Waals surface area contributed by atoms with Crippen LogP contribution in [0.4, 0.5) is 11.5 Å². The largest absolute Gasteiger partial charge is 0.477 e. The molecule has 0 aliphatic heterocycles. The molecule has 0 aliphatic carbocycles. The highest BCUT2D eigenvalue weighted by molar-refractivity contribution is 7.09. The van der Waals surface area contributed by atoms with Gasteiger partial charge in [-0.1, -0.05) is 6.07 Å². The molecule has 0 saturated carbocycles. The molecular formula is C11H11N3O3S. The van der Waals surface area contributed by atoms with E-state index in [-0.39, 0.29) is 11.5 Å². The van der Waals surface area contributed by atoms with Crippen LogP contribution in [0.15, 0.2) is 29.6 Å². The van der Waals surface area contributed by atoms with Crippen molar-refractivity contribution in [3.05, 3.63) is 44.6 Å². The van der Waals surface area contributed by atoms with Gasteiger partial charge in [0.2, 0.25) is 11.7 Å². The molecule has 0 fully saturated rings. The zero-order valence-electron chi connectivity index (χ0n) is 9.41. The predicted octanol–water partition coefficient (Wildman–Crippen LogP) is 2.25. The minimum Gasteiger partial charge on any atom is -0.477 e. The van der Waals surface area contributed by atoms with E-state index >= 15 is 0 Å². The second-order valence-corrected chi connectivity index (χ2v) is 4.52. The Labute approximate surface area is 107 Å². The molecule has 2 heterocycles. The van der Waals surface area contributed by atoms with Crippen molar-refractivity contribution < 1.29 is 9.66 Å². The first-order chi connectivity index (χ1) is 8.66. The number of hydrogen-bond donors (Lipinski definition) is 1. The van der Waals surface area contributed by atoms with Gasteiger partial charge in [0.1, 0.15) is 0 Å². The van der Waals surface area contributed by atoms with E-state index in [0.717, 1.165) is 6.42 Å². The first kappa shape index (κ1) is 12.3. The summed E-state index contributed by atoms with van der Waals surface area (Å²) in [6.45, 7) is 0.463. The van der Waals surface area contributed by atoms with Gasteiger partial charge >= 0.3 is 5.69 Å². The second kappa shape index (κ2) is 5.46. The van der Waals surface area contributed by atoms with E-state index in [2.05, 4.69) is 4.98 Å². The van der Waals surface area contributed by atoms with Crippen LogP contribution in [0.5, 0.6) is 5.88 Å². The molecule has 6 nitrogen and oxygen atoms in total. The van der Waals surface area contributed by atoms with Crippen LogP contribution in [0.25, 0.3) is 0 Å². The van der Waals surface area contributed by atoms with Crippen molar-refractivity contribution in [2.75, 3.05) is 12.3 Å². The van der Waals surface area contributed by atoms with Crippen LogP contribution in [0.2, 0.25) is 0 Å². The summed E-state index contributed by atoms with van der Waals surface area (Å²) >= 11 is 1.65. The molecule has 7 heteroatoms. The lowest BCUT2D eigenvalue weighted by Crippen LogP contribution is -2.04. The normalized spacial score (nSPS) is 10.2. The fourth-order valence-electron chi connectivity index (χ4n) is 1.39. The Bertz CT molecular complexity index is 542. The van der Waals surface area contributed by atoms with Crippen molar-refractivity contribution in [2.45, 2.75) is 6.42 Å². The summed E-state index contributed by atoms with van der Waals surface area (Å²) in [6, 6.07) is 6.74. The van der Waals surface area contributed by atoms with E-state index in [0.29, 0.717) is 12.5 Å². The molecule has 94 valence electrons. The average Bonchev–Trinajstić information content (AvgIpc) is 2.81. The van der Waals surface area contributed by atoms with Crippen LogP contribution in [0.3, 0.4) is 0 Å². The maximum atomic E-state index is 10.5. The van der Waals surface area contributed by atoms with E-state index < -0.39 is 4.92 Å². The number of rotatable bonds is 5. The number of nitrogen functional groups attached to an aromatic ring is 1. The maximum Gasteiger partial charge on any atom is 0.311 e. The maximum absolute atomic E-state index is 10.5. The number of anilines is 1. The van der Waals surface area contributed by atoms with Crippen LogP contribution in [0, 0.1) is 10.1 Å². The van der Waals surface area contributed by atoms with E-state index in [1.807, 2.05) is 17.5 Å². The highest BCUT2D eigenvalue weighted by atomic mass is 32.1. The van der Waals surface area contributed by atoms with Gasteiger partial charge in [0.05, 0.1) is 11.5 Å². The topological polar surface area (TPSA) is 91.3 Å². The molecule has 0 radical (unpaired) electrons. The summed E-state index contributed by atoms with van der Waals surface area (Å²) in [4.78, 5) is 15.0. The van der Waals surface area contributed by atoms with Crippen molar-refractivity contribution in [1.29, 1.82) is 0 Å². The quantitative estimate of drug-likeness (QED) is 0.661. The van der Waals surface area contributed by atoms with Crippen LogP contribution in [0.1, 0.15) is 4.88 Å². The van der Waals surface area contributed by atoms with Crippen molar-refractivity contribution in [3.8, 4) is 5.88 Å². The van der Waals surface area contributed by atoms with Gasteiger partial charge in [-0.2, -0.15) is 4.98 Å². The summed E-state index contributed by atoms with van der Waals surface area (Å²) in [5.41, 5.74) is 5.25. The van der Waals surface area contributed by atoms with E-state index in [1.54, 1.807) is 11.3 Å². The van der Waals surface area contributed by atoms with Gasteiger partial charge in [-0.3, -0.25) is 10.1 Å². The van der Waals surface area contributed by atoms with Crippen LogP contribution < -0.4 is 10.5 Å². The number of nitrogens with zero attached hydrogens (tertiary/aromatic N) is 2. The zero-order chi connectivity index (χ0) is 13.0. The van der Waals surface area contributed by atoms with Crippen molar-refractivity contribution in [2.24, 2.45) is 0 Å². The number of pyridine rings is 1. The molecule has 0 amide bonds. The van der Waals surface area contributed by atoms with Gasteiger partial charge in [-0.25, -0.2) is 0 Å². The van der Waals surface area contributed by atoms with Gasteiger partial charge in [0.25, 0.3) is 0 Å². The minimum absolute atomic E-state index is 0.131. The monoisotopic (exact) mass is 265 g/mol. The molecule has 0 unspecified atom stereocenters. The molecule has 0 bridgehead atoms. The lowest BCUT2D eigenvalue weighted by Gasteiger charge is -2.04. The molecule has 2 aromatic heterocycles. The Hall–Kier alpha value is -2.15. The number of nitro groups is 1. The SMILES string of the molecule is Nc1nc(OCCc2cccs2)ccc1[N+](=O)[O-]. The smallest absolute Gasteiger partial charge is 0.311 e. The second-order valence-electron chi connectivity index (χ2n) is 3.49. The molecule has 2 rings (SSSR count). The van der Waals surface area contributed by atoms with E-state index in [1.165, 1.54) is 17.0 Å². The molecular weight excluding hydrogens is 254 g/mol. The van der Waals surface area contributed by atoms with E-state index in [9.17, 15) is 10.1 Å². The Morgan fingerprint density at radius 3 is 2.89 bits per heavy atom. The summed E-state index contributed by atoms with van der Waals surface area (Å²) in [7, 11) is 0. The predicted molar refractivity (Wildman–Crippen MR) is 68.8 cm³/mol. The lowest BCUT2D eigenvalue weighted by atomic mass is 10.3. The number of aromatic nitrogens is 1. The number of hydrogen-bond acceptors (Lipinski definition) is 6. The minimum atomic E-state index is -0.572. The fourth-order valence-corrected chi connectivity index (χ4v) is 2.08. The number of thiophene rings is 1. The third-order valence-corrected chi connectivity index (χ3v) is 3.19. The molecule has 0 aliphatic rings. The van der Waals surface area contributed by atoms with Gasteiger partial charge in [0, 0.05) is 23.4 Å². The van der Waals surface area contributed by atoms with Crippen LogP contribution >= 0.6 is 11.3 Å². The van der Waals surface area contributed by atoms with Crippen molar-refractivity contribution >= 4 is 22.8 Å². The third-order valence-electron chi connectivity index (χ3n) is 2.25. The Kier molecular flexibility index (Phi) is 3.73. The Balaban J connectivity index is 1.94. The molecule has 0 atom stereocenters. The Morgan fingerprint density at radius 2 is 2.28 bits per heavy atom. The van der Waals surface area contributed by atoms with Crippen molar-refractivity contribution in [1.82, 2.24) is 4.98 Å². The molecule has 18 heavy (non-hydrogen) atoms.